The van der Waals surface area contributed by atoms with Crippen molar-refractivity contribution in [1.82, 2.24) is 0 Å². The van der Waals surface area contributed by atoms with Gasteiger partial charge in [0, 0.05) is 42.8 Å². The summed E-state index contributed by atoms with van der Waals surface area (Å²) < 4.78 is 4.83. The standard InChI is InChI=1S/C15H14N2O2.C8H11N.C7H7NO3.C2H6O.2CH4/c1-2-12-3-7-14(8-4-12)16-11-13-5-9-15(10-6-13)17(18)19;1-2-7-3-5-8(9)6-4-7;1-11-7-4-2-6(3-5-7)8(9)10;1-2-3;;/h3-11H,2H2,1H3;3-6H,2,9H2,1H3;2-5H,1H3;3H,2H2,1H3;2*1H4. The molecule has 10 nitrogen and oxygen atoms in total. The number of nitrogens with zero attached hydrogens (tertiary/aromatic N) is 3. The third-order valence-electron chi connectivity index (χ3n) is 5.48. The molecule has 4 aromatic rings. The van der Waals surface area contributed by atoms with Crippen molar-refractivity contribution in [3.63, 3.8) is 0 Å². The number of benzene rings is 4. The van der Waals surface area contributed by atoms with Crippen LogP contribution in [0.25, 0.3) is 0 Å². The van der Waals surface area contributed by atoms with Crippen LogP contribution in [0.3, 0.4) is 0 Å². The normalized spacial score (nSPS) is 9.30. The molecule has 4 aromatic carbocycles. The van der Waals surface area contributed by atoms with Crippen molar-refractivity contribution < 1.29 is 19.7 Å². The number of aliphatic hydroxyl groups is 1. The van der Waals surface area contributed by atoms with Gasteiger partial charge in [0.25, 0.3) is 11.4 Å². The fraction of sp³-hybridized carbons (Fsp3) is 0.265. The van der Waals surface area contributed by atoms with E-state index in [0.29, 0.717) is 5.75 Å². The molecule has 0 bridgehead atoms. The van der Waals surface area contributed by atoms with Gasteiger partial charge in [0.15, 0.2) is 0 Å². The lowest BCUT2D eigenvalue weighted by molar-refractivity contribution is -0.385. The predicted octanol–water partition coefficient (Wildman–Crippen LogP) is 8.61. The summed E-state index contributed by atoms with van der Waals surface area (Å²) in [6.07, 6.45) is 3.79. The number of nitrogen functional groups attached to an aromatic ring is 1. The number of aliphatic imine (C=N–C) groups is 1. The second kappa shape index (κ2) is 23.5. The SMILES string of the molecule is C.C.CCO.CCc1ccc(N)cc1.CCc1ccc(N=Cc2ccc([N+](=O)[O-])cc2)cc1.COc1ccc([N+](=O)[O-])cc1. The van der Waals surface area contributed by atoms with Crippen LogP contribution in [0.4, 0.5) is 22.7 Å². The van der Waals surface area contributed by atoms with E-state index in [-0.39, 0.29) is 32.8 Å². The number of aryl methyl sites for hydroxylation is 2. The summed E-state index contributed by atoms with van der Waals surface area (Å²) in [7, 11) is 1.52. The Hall–Kier alpha value is -5.09. The van der Waals surface area contributed by atoms with Gasteiger partial charge in [-0.3, -0.25) is 25.2 Å². The highest BCUT2D eigenvalue weighted by molar-refractivity contribution is 5.82. The highest BCUT2D eigenvalue weighted by Gasteiger charge is 2.03. The first-order valence-corrected chi connectivity index (χ1v) is 13.3. The van der Waals surface area contributed by atoms with Crippen LogP contribution in [0.1, 0.15) is 52.3 Å². The summed E-state index contributed by atoms with van der Waals surface area (Å²) in [5, 5.41) is 28.3. The average Bonchev–Trinajstić information content (AvgIpc) is 3.02. The molecule has 0 heterocycles. The maximum atomic E-state index is 10.5. The number of rotatable bonds is 7. The molecule has 3 N–H and O–H groups in total. The third-order valence-corrected chi connectivity index (χ3v) is 5.48. The number of aliphatic hydroxyl groups excluding tert-OH is 1. The molecule has 0 aromatic heterocycles. The summed E-state index contributed by atoms with van der Waals surface area (Å²) in [6, 6.07) is 28.2. The number of non-ortho nitro benzene ring substituents is 2. The Bertz CT molecular complexity index is 1360. The number of methoxy groups -OCH3 is 1. The quantitative estimate of drug-likeness (QED) is 0.0923. The topological polar surface area (TPSA) is 154 Å². The number of ether oxygens (including phenoxy) is 1. The van der Waals surface area contributed by atoms with Crippen molar-refractivity contribution in [1.29, 1.82) is 0 Å². The van der Waals surface area contributed by atoms with Crippen LogP contribution in [0.5, 0.6) is 5.75 Å². The number of hydrogen-bond donors (Lipinski definition) is 2. The molecule has 0 radical (unpaired) electrons. The Labute approximate surface area is 261 Å². The summed E-state index contributed by atoms with van der Waals surface area (Å²) >= 11 is 0. The van der Waals surface area contributed by atoms with Crippen LogP contribution in [0.15, 0.2) is 102 Å². The first-order valence-electron chi connectivity index (χ1n) is 13.3. The first kappa shape index (κ1) is 41.0. The van der Waals surface area contributed by atoms with Gasteiger partial charge in [-0.15, -0.1) is 0 Å². The molecule has 0 saturated carbocycles. The molecule has 44 heavy (non-hydrogen) atoms. The number of nitro groups is 2. The molecule has 4 rings (SSSR count). The lowest BCUT2D eigenvalue weighted by Gasteiger charge is -1.97. The van der Waals surface area contributed by atoms with Gasteiger partial charge in [-0.05, 0) is 85.0 Å². The average molecular weight is 607 g/mol. The smallest absolute Gasteiger partial charge is 0.269 e. The van der Waals surface area contributed by atoms with Gasteiger partial charge in [0.2, 0.25) is 0 Å². The van der Waals surface area contributed by atoms with E-state index in [4.69, 9.17) is 15.6 Å². The van der Waals surface area contributed by atoms with E-state index >= 15 is 0 Å². The van der Waals surface area contributed by atoms with Crippen molar-refractivity contribution in [3.8, 4) is 5.75 Å². The van der Waals surface area contributed by atoms with E-state index in [1.165, 1.54) is 42.5 Å². The lowest BCUT2D eigenvalue weighted by Crippen LogP contribution is -1.88. The molecule has 0 aliphatic rings. The highest BCUT2D eigenvalue weighted by Crippen LogP contribution is 2.17. The molecule has 0 atom stereocenters. The van der Waals surface area contributed by atoms with E-state index in [9.17, 15) is 20.2 Å². The largest absolute Gasteiger partial charge is 0.497 e. The Morgan fingerprint density at radius 3 is 1.48 bits per heavy atom. The second-order valence-corrected chi connectivity index (χ2v) is 8.49. The summed E-state index contributed by atoms with van der Waals surface area (Å²) in [5.41, 5.74) is 10.8. The van der Waals surface area contributed by atoms with Crippen molar-refractivity contribution >= 4 is 29.0 Å². The van der Waals surface area contributed by atoms with E-state index in [1.54, 1.807) is 37.4 Å². The number of anilines is 1. The molecule has 0 saturated heterocycles. The van der Waals surface area contributed by atoms with Crippen molar-refractivity contribution in [3.05, 3.63) is 134 Å². The number of hydrogen-bond acceptors (Lipinski definition) is 8. The Morgan fingerprint density at radius 2 is 1.11 bits per heavy atom. The van der Waals surface area contributed by atoms with E-state index in [1.807, 2.05) is 36.4 Å². The predicted molar refractivity (Wildman–Crippen MR) is 182 cm³/mol. The second-order valence-electron chi connectivity index (χ2n) is 8.49. The van der Waals surface area contributed by atoms with Gasteiger partial charge in [0.1, 0.15) is 5.75 Å². The minimum absolute atomic E-state index is 0. The monoisotopic (exact) mass is 606 g/mol. The molecular formula is C34H46N4O6. The van der Waals surface area contributed by atoms with E-state index < -0.39 is 9.85 Å². The van der Waals surface area contributed by atoms with Crippen LogP contribution in [-0.2, 0) is 12.8 Å². The first-order chi connectivity index (χ1) is 20.2. The van der Waals surface area contributed by atoms with Crippen LogP contribution in [-0.4, -0.2) is 34.9 Å². The van der Waals surface area contributed by atoms with Crippen molar-refractivity contribution in [2.45, 2.75) is 48.5 Å². The zero-order valence-electron chi connectivity index (χ0n) is 24.3. The Kier molecular flexibility index (Phi) is 21.9. The van der Waals surface area contributed by atoms with Crippen molar-refractivity contribution in [2.75, 3.05) is 19.5 Å². The molecule has 0 fully saturated rings. The number of nitro benzene ring substituents is 2. The minimum atomic E-state index is -0.445. The van der Waals surface area contributed by atoms with Gasteiger partial charge in [-0.25, -0.2) is 0 Å². The maximum Gasteiger partial charge on any atom is 0.269 e. The minimum Gasteiger partial charge on any atom is -0.497 e. The summed E-state index contributed by atoms with van der Waals surface area (Å²) in [4.78, 5) is 24.2. The van der Waals surface area contributed by atoms with Gasteiger partial charge >= 0.3 is 0 Å². The fourth-order valence-electron chi connectivity index (χ4n) is 3.11. The van der Waals surface area contributed by atoms with E-state index in [2.05, 4.69) is 31.0 Å². The van der Waals surface area contributed by atoms with Gasteiger partial charge in [0.05, 0.1) is 22.6 Å². The molecule has 10 heteroatoms. The Morgan fingerprint density at radius 1 is 0.727 bits per heavy atom. The zero-order chi connectivity index (χ0) is 31.3. The Balaban J connectivity index is 0. The molecule has 0 aliphatic heterocycles. The molecule has 0 aliphatic carbocycles. The highest BCUT2D eigenvalue weighted by atomic mass is 16.6. The third kappa shape index (κ3) is 16.4. The van der Waals surface area contributed by atoms with E-state index in [0.717, 1.165) is 29.8 Å². The fourth-order valence-corrected chi connectivity index (χ4v) is 3.11. The number of nitrogens with two attached hydrogens (primary N) is 1. The van der Waals surface area contributed by atoms with Crippen LogP contribution in [0, 0.1) is 20.2 Å². The van der Waals surface area contributed by atoms with Gasteiger partial charge < -0.3 is 15.6 Å². The summed E-state index contributed by atoms with van der Waals surface area (Å²) in [5.74, 6) is 0.621. The molecule has 0 spiro atoms. The van der Waals surface area contributed by atoms with Gasteiger partial charge in [-0.1, -0.05) is 53.0 Å². The van der Waals surface area contributed by atoms with Crippen molar-refractivity contribution in [2.24, 2.45) is 4.99 Å². The molecule has 238 valence electrons. The van der Waals surface area contributed by atoms with Crippen LogP contribution < -0.4 is 10.5 Å². The maximum absolute atomic E-state index is 10.5. The molecule has 0 unspecified atom stereocenters. The molecule has 0 amide bonds. The molecular weight excluding hydrogens is 560 g/mol. The van der Waals surface area contributed by atoms with Crippen LogP contribution in [0.2, 0.25) is 0 Å². The summed E-state index contributed by atoms with van der Waals surface area (Å²) in [6.45, 7) is 6.17. The van der Waals surface area contributed by atoms with Gasteiger partial charge in [-0.2, -0.15) is 0 Å². The zero-order valence-corrected chi connectivity index (χ0v) is 24.3. The lowest BCUT2D eigenvalue weighted by atomic mass is 10.1. The van der Waals surface area contributed by atoms with Crippen LogP contribution >= 0.6 is 0 Å².